The van der Waals surface area contributed by atoms with Crippen LogP contribution in [0.4, 0.5) is 5.69 Å². The molecule has 144 valence electrons. The largest absolute Gasteiger partial charge is 0.464 e. The molecule has 0 aromatic heterocycles. The van der Waals surface area contributed by atoms with Crippen LogP contribution in [0.15, 0.2) is 77.9 Å². The molecule has 0 unspecified atom stereocenters. The van der Waals surface area contributed by atoms with Crippen molar-refractivity contribution in [2.75, 3.05) is 0 Å². The number of halogens is 1. The lowest BCUT2D eigenvalue weighted by molar-refractivity contribution is -0.385. The highest BCUT2D eigenvalue weighted by Gasteiger charge is 2.41. The van der Waals surface area contributed by atoms with Crippen LogP contribution in [0.2, 0.25) is 5.02 Å². The fraction of sp³-hybridized carbons (Fsp3) is 0.136. The summed E-state index contributed by atoms with van der Waals surface area (Å²) in [4.78, 5) is 10.9. The molecule has 2 aliphatic heterocycles. The van der Waals surface area contributed by atoms with Crippen LogP contribution in [-0.4, -0.2) is 15.6 Å². The quantitative estimate of drug-likeness (QED) is 0.426. The average Bonchev–Trinajstić information content (AvgIpc) is 3.20. The van der Waals surface area contributed by atoms with E-state index in [0.717, 1.165) is 22.6 Å². The second-order valence-electron chi connectivity index (χ2n) is 6.98. The van der Waals surface area contributed by atoms with E-state index in [4.69, 9.17) is 21.4 Å². The Balaban J connectivity index is 1.63. The molecule has 0 amide bonds. The molecule has 0 spiro atoms. The standard InChI is InChI=1S/C22H16ClN3O3/c23-18-11-10-15(26(27)28)12-17(18)22-25-20(16-8-4-5-9-21(16)29-22)13-19(24-25)14-6-2-1-3-7-14/h1-12,20,22H,13H2/t20-,22-/m0/s1. The van der Waals surface area contributed by atoms with Crippen molar-refractivity contribution >= 4 is 23.0 Å². The lowest BCUT2D eigenvalue weighted by Crippen LogP contribution is -2.33. The summed E-state index contributed by atoms with van der Waals surface area (Å²) in [5.41, 5.74) is 3.53. The number of nitro groups is 1. The van der Waals surface area contributed by atoms with Crippen molar-refractivity contribution in [3.05, 3.63) is 105 Å². The highest BCUT2D eigenvalue weighted by Crippen LogP contribution is 2.48. The van der Waals surface area contributed by atoms with Gasteiger partial charge in [-0.3, -0.25) is 10.1 Å². The van der Waals surface area contributed by atoms with E-state index in [1.54, 1.807) is 0 Å². The molecular weight excluding hydrogens is 390 g/mol. The summed E-state index contributed by atoms with van der Waals surface area (Å²) in [5, 5.41) is 18.4. The van der Waals surface area contributed by atoms with Crippen LogP contribution in [-0.2, 0) is 0 Å². The van der Waals surface area contributed by atoms with Crippen molar-refractivity contribution in [3.8, 4) is 5.75 Å². The Morgan fingerprint density at radius 3 is 2.59 bits per heavy atom. The summed E-state index contributed by atoms with van der Waals surface area (Å²) >= 11 is 6.43. The monoisotopic (exact) mass is 405 g/mol. The number of nitro benzene ring substituents is 1. The van der Waals surface area contributed by atoms with E-state index in [1.165, 1.54) is 18.2 Å². The molecule has 7 heteroatoms. The van der Waals surface area contributed by atoms with E-state index in [-0.39, 0.29) is 11.7 Å². The van der Waals surface area contributed by atoms with E-state index in [0.29, 0.717) is 17.0 Å². The predicted molar refractivity (Wildman–Crippen MR) is 110 cm³/mol. The van der Waals surface area contributed by atoms with Crippen LogP contribution in [0.5, 0.6) is 5.75 Å². The van der Waals surface area contributed by atoms with E-state index in [2.05, 4.69) is 0 Å². The van der Waals surface area contributed by atoms with E-state index in [1.807, 2.05) is 59.6 Å². The molecule has 0 N–H and O–H groups in total. The summed E-state index contributed by atoms with van der Waals surface area (Å²) in [7, 11) is 0. The molecule has 5 rings (SSSR count). The van der Waals surface area contributed by atoms with Gasteiger partial charge in [0.1, 0.15) is 5.75 Å². The third kappa shape index (κ3) is 3.02. The van der Waals surface area contributed by atoms with Gasteiger partial charge in [-0.05, 0) is 17.7 Å². The zero-order valence-corrected chi connectivity index (χ0v) is 16.0. The molecule has 0 radical (unpaired) electrons. The Kier molecular flexibility index (Phi) is 4.21. The summed E-state index contributed by atoms with van der Waals surface area (Å²) in [5.74, 6) is 0.742. The second-order valence-corrected chi connectivity index (χ2v) is 7.39. The first-order chi connectivity index (χ1) is 14.1. The Labute approximate surface area is 172 Å². The maximum absolute atomic E-state index is 11.3. The van der Waals surface area contributed by atoms with Crippen LogP contribution in [0.3, 0.4) is 0 Å². The number of hydrogen-bond donors (Lipinski definition) is 0. The van der Waals surface area contributed by atoms with Crippen LogP contribution >= 0.6 is 11.6 Å². The second kappa shape index (κ2) is 6.90. The fourth-order valence-electron chi connectivity index (χ4n) is 3.88. The lowest BCUT2D eigenvalue weighted by Gasteiger charge is -2.38. The molecule has 0 aliphatic carbocycles. The van der Waals surface area contributed by atoms with Crippen molar-refractivity contribution in [1.82, 2.24) is 5.01 Å². The number of nitrogens with zero attached hydrogens (tertiary/aromatic N) is 3. The molecule has 6 nitrogen and oxygen atoms in total. The van der Waals surface area contributed by atoms with Gasteiger partial charge in [0.15, 0.2) is 0 Å². The SMILES string of the molecule is O=[N+]([O-])c1ccc(Cl)c([C@@H]2Oc3ccccc3[C@@H]3CC(c4ccccc4)=NN32)c1. The number of ether oxygens (including phenoxy) is 1. The molecule has 3 aromatic carbocycles. The van der Waals surface area contributed by atoms with Gasteiger partial charge in [0.05, 0.1) is 16.7 Å². The number of fused-ring (bicyclic) bond motifs is 3. The van der Waals surface area contributed by atoms with Crippen molar-refractivity contribution in [2.24, 2.45) is 5.10 Å². The van der Waals surface area contributed by atoms with Gasteiger partial charge in [-0.1, -0.05) is 60.1 Å². The number of hydrazone groups is 1. The van der Waals surface area contributed by atoms with Gasteiger partial charge in [-0.2, -0.15) is 5.10 Å². The Bertz CT molecular complexity index is 1130. The predicted octanol–water partition coefficient (Wildman–Crippen LogP) is 5.49. The van der Waals surface area contributed by atoms with Gasteiger partial charge in [0.2, 0.25) is 6.23 Å². The maximum atomic E-state index is 11.3. The number of hydrogen-bond acceptors (Lipinski definition) is 5. The zero-order chi connectivity index (χ0) is 20.0. The highest BCUT2D eigenvalue weighted by atomic mass is 35.5. The summed E-state index contributed by atoms with van der Waals surface area (Å²) in [6.07, 6.45) is 0.0662. The number of benzene rings is 3. The highest BCUT2D eigenvalue weighted by molar-refractivity contribution is 6.31. The first-order valence-electron chi connectivity index (χ1n) is 9.22. The number of para-hydroxylation sites is 1. The van der Waals surface area contributed by atoms with Crippen molar-refractivity contribution in [3.63, 3.8) is 0 Å². The molecule has 2 atom stereocenters. The van der Waals surface area contributed by atoms with Gasteiger partial charge in [0, 0.05) is 34.7 Å². The van der Waals surface area contributed by atoms with Crippen molar-refractivity contribution in [1.29, 1.82) is 0 Å². The summed E-state index contributed by atoms with van der Waals surface area (Å²) < 4.78 is 6.24. The Morgan fingerprint density at radius 1 is 1.03 bits per heavy atom. The molecule has 2 heterocycles. The van der Waals surface area contributed by atoms with Crippen LogP contribution in [0.1, 0.15) is 35.4 Å². The number of non-ortho nitro benzene ring substituents is 1. The smallest absolute Gasteiger partial charge is 0.270 e. The Hall–Kier alpha value is -3.38. The topological polar surface area (TPSA) is 68.0 Å². The van der Waals surface area contributed by atoms with Gasteiger partial charge >= 0.3 is 0 Å². The molecule has 0 fully saturated rings. The maximum Gasteiger partial charge on any atom is 0.270 e. The normalized spacial score (nSPS) is 19.8. The molecule has 3 aromatic rings. The number of rotatable bonds is 3. The first kappa shape index (κ1) is 17.7. The average molecular weight is 406 g/mol. The van der Waals surface area contributed by atoms with Gasteiger partial charge in [-0.15, -0.1) is 0 Å². The molecule has 0 saturated carbocycles. The van der Waals surface area contributed by atoms with E-state index >= 15 is 0 Å². The summed E-state index contributed by atoms with van der Waals surface area (Å²) in [6, 6.07) is 22.2. The van der Waals surface area contributed by atoms with Crippen molar-refractivity contribution < 1.29 is 9.66 Å². The zero-order valence-electron chi connectivity index (χ0n) is 15.2. The lowest BCUT2D eigenvalue weighted by atomic mass is 9.96. The summed E-state index contributed by atoms with van der Waals surface area (Å²) in [6.45, 7) is 0. The molecule has 2 aliphatic rings. The van der Waals surface area contributed by atoms with Crippen LogP contribution in [0, 0.1) is 10.1 Å². The van der Waals surface area contributed by atoms with Gasteiger partial charge < -0.3 is 4.74 Å². The van der Waals surface area contributed by atoms with Gasteiger partial charge in [-0.25, -0.2) is 5.01 Å². The van der Waals surface area contributed by atoms with E-state index < -0.39 is 11.2 Å². The van der Waals surface area contributed by atoms with Crippen molar-refractivity contribution in [2.45, 2.75) is 18.7 Å². The van der Waals surface area contributed by atoms with Crippen LogP contribution in [0.25, 0.3) is 0 Å². The fourth-order valence-corrected chi connectivity index (χ4v) is 4.09. The third-order valence-electron chi connectivity index (χ3n) is 5.26. The molecule has 0 saturated heterocycles. The first-order valence-corrected chi connectivity index (χ1v) is 9.60. The van der Waals surface area contributed by atoms with Crippen LogP contribution < -0.4 is 4.74 Å². The minimum Gasteiger partial charge on any atom is -0.464 e. The minimum atomic E-state index is -0.650. The minimum absolute atomic E-state index is 0.0320. The third-order valence-corrected chi connectivity index (χ3v) is 5.61. The van der Waals surface area contributed by atoms with E-state index in [9.17, 15) is 10.1 Å². The van der Waals surface area contributed by atoms with Gasteiger partial charge in [0.25, 0.3) is 5.69 Å². The molecule has 0 bridgehead atoms. The Morgan fingerprint density at radius 2 is 1.79 bits per heavy atom. The molecular formula is C22H16ClN3O3. The molecule has 29 heavy (non-hydrogen) atoms.